The number of hydrogen-bond acceptors (Lipinski definition) is 3. The molecule has 2 aliphatic carbocycles. The number of aryl methyl sites for hydroxylation is 1. The van der Waals surface area contributed by atoms with Crippen molar-refractivity contribution in [2.24, 2.45) is 0 Å². The Labute approximate surface area is 158 Å². The summed E-state index contributed by atoms with van der Waals surface area (Å²) in [6.45, 7) is 2.05. The molecule has 5 heteroatoms. The van der Waals surface area contributed by atoms with Gasteiger partial charge in [-0.1, -0.05) is 6.07 Å². The minimum absolute atomic E-state index is 0.000447. The molecule has 1 aromatic carbocycles. The summed E-state index contributed by atoms with van der Waals surface area (Å²) in [5.74, 6) is 0.670. The first-order valence-corrected chi connectivity index (χ1v) is 9.58. The number of nitrogens with zero attached hydrogens (tertiary/aromatic N) is 3. The molecule has 0 aliphatic heterocycles. The Kier molecular flexibility index (Phi) is 3.81. The molecule has 2 fully saturated rings. The van der Waals surface area contributed by atoms with Gasteiger partial charge in [0, 0.05) is 29.6 Å². The molecule has 2 aromatic heterocycles. The molecule has 1 N–H and O–H groups in total. The zero-order chi connectivity index (χ0) is 18.4. The number of carbonyl (C=O) groups excluding carboxylic acids is 1. The molecule has 0 radical (unpaired) electrons. The molecular weight excluding hydrogens is 336 g/mol. The zero-order valence-corrected chi connectivity index (χ0v) is 15.4. The van der Waals surface area contributed by atoms with Gasteiger partial charge in [-0.3, -0.25) is 9.78 Å². The second kappa shape index (κ2) is 6.34. The van der Waals surface area contributed by atoms with E-state index in [-0.39, 0.29) is 5.91 Å². The minimum atomic E-state index is -0.000447. The van der Waals surface area contributed by atoms with Crippen molar-refractivity contribution in [3.05, 3.63) is 65.9 Å². The quantitative estimate of drug-likeness (QED) is 0.749. The van der Waals surface area contributed by atoms with E-state index in [4.69, 9.17) is 0 Å². The fraction of sp³-hybridized carbons (Fsp3) is 0.318. The van der Waals surface area contributed by atoms with E-state index in [1.807, 2.05) is 54.6 Å². The fourth-order valence-electron chi connectivity index (χ4n) is 3.36. The van der Waals surface area contributed by atoms with Gasteiger partial charge >= 0.3 is 0 Å². The lowest BCUT2D eigenvalue weighted by Gasteiger charge is -2.08. The largest absolute Gasteiger partial charge is 0.349 e. The Hall–Kier alpha value is -2.95. The Morgan fingerprint density at radius 1 is 1.15 bits per heavy atom. The molecule has 5 nitrogen and oxygen atoms in total. The predicted octanol–water partition coefficient (Wildman–Crippen LogP) is 4.01. The van der Waals surface area contributed by atoms with Crippen molar-refractivity contribution >= 4 is 5.91 Å². The van der Waals surface area contributed by atoms with Crippen LogP contribution in [0.25, 0.3) is 16.9 Å². The molecule has 5 rings (SSSR count). The summed E-state index contributed by atoms with van der Waals surface area (Å²) in [6, 6.07) is 8.37. The first kappa shape index (κ1) is 16.2. The van der Waals surface area contributed by atoms with Gasteiger partial charge in [-0.05, 0) is 67.9 Å². The Morgan fingerprint density at radius 2 is 2.00 bits per heavy atom. The van der Waals surface area contributed by atoms with Crippen LogP contribution in [0.15, 0.2) is 49.2 Å². The topological polar surface area (TPSA) is 59.8 Å². The molecular formula is C22H22N4O. The predicted molar refractivity (Wildman–Crippen MR) is 104 cm³/mol. The van der Waals surface area contributed by atoms with E-state index < -0.39 is 0 Å². The van der Waals surface area contributed by atoms with E-state index in [0.29, 0.717) is 17.5 Å². The van der Waals surface area contributed by atoms with Crippen molar-refractivity contribution in [1.82, 2.24) is 19.9 Å². The van der Waals surface area contributed by atoms with Gasteiger partial charge in [0.2, 0.25) is 0 Å². The van der Waals surface area contributed by atoms with Crippen LogP contribution < -0.4 is 5.32 Å². The lowest BCUT2D eigenvalue weighted by Crippen LogP contribution is -2.25. The second-order valence-corrected chi connectivity index (χ2v) is 7.69. The third kappa shape index (κ3) is 3.37. The first-order chi connectivity index (χ1) is 13.2. The summed E-state index contributed by atoms with van der Waals surface area (Å²) in [4.78, 5) is 21.4. The molecule has 0 saturated heterocycles. The van der Waals surface area contributed by atoms with Crippen LogP contribution in [0.3, 0.4) is 0 Å². The highest BCUT2D eigenvalue weighted by molar-refractivity contribution is 5.96. The van der Waals surface area contributed by atoms with Gasteiger partial charge in [-0.15, -0.1) is 0 Å². The molecule has 2 heterocycles. The molecule has 0 bridgehead atoms. The molecule has 2 saturated carbocycles. The molecule has 2 aliphatic rings. The van der Waals surface area contributed by atoms with Gasteiger partial charge in [0.05, 0.1) is 23.9 Å². The third-order valence-electron chi connectivity index (χ3n) is 5.36. The number of carbonyl (C=O) groups is 1. The number of hydrogen-bond donors (Lipinski definition) is 1. The van der Waals surface area contributed by atoms with Crippen molar-refractivity contribution in [2.45, 2.75) is 44.6 Å². The smallest absolute Gasteiger partial charge is 0.251 e. The summed E-state index contributed by atoms with van der Waals surface area (Å²) >= 11 is 0. The van der Waals surface area contributed by atoms with E-state index in [1.54, 1.807) is 0 Å². The summed E-state index contributed by atoms with van der Waals surface area (Å²) in [6.07, 6.45) is 12.4. The first-order valence-electron chi connectivity index (χ1n) is 9.58. The van der Waals surface area contributed by atoms with E-state index >= 15 is 0 Å². The van der Waals surface area contributed by atoms with E-state index in [2.05, 4.69) is 21.4 Å². The van der Waals surface area contributed by atoms with Crippen molar-refractivity contribution in [2.75, 3.05) is 0 Å². The number of amides is 1. The van der Waals surface area contributed by atoms with Crippen LogP contribution in [0.1, 0.15) is 53.1 Å². The molecule has 136 valence electrons. The maximum Gasteiger partial charge on any atom is 0.251 e. The average Bonchev–Trinajstić information content (AvgIpc) is 3.61. The summed E-state index contributed by atoms with van der Waals surface area (Å²) in [5, 5.41) is 3.05. The van der Waals surface area contributed by atoms with Gasteiger partial charge in [0.15, 0.2) is 0 Å². The van der Waals surface area contributed by atoms with E-state index in [9.17, 15) is 4.79 Å². The van der Waals surface area contributed by atoms with Crippen LogP contribution in [0, 0.1) is 6.92 Å². The number of nitrogens with one attached hydrogen (secondary N) is 1. The Morgan fingerprint density at radius 3 is 2.78 bits per heavy atom. The van der Waals surface area contributed by atoms with Gasteiger partial charge < -0.3 is 9.88 Å². The highest BCUT2D eigenvalue weighted by atomic mass is 16.1. The Balaban J connectivity index is 1.45. The molecule has 3 aromatic rings. The van der Waals surface area contributed by atoms with Crippen LogP contribution in [0.4, 0.5) is 0 Å². The monoisotopic (exact) mass is 358 g/mol. The van der Waals surface area contributed by atoms with Crippen LogP contribution in [-0.4, -0.2) is 26.5 Å². The highest BCUT2D eigenvalue weighted by Crippen LogP contribution is 2.40. The molecule has 27 heavy (non-hydrogen) atoms. The van der Waals surface area contributed by atoms with Crippen molar-refractivity contribution < 1.29 is 4.79 Å². The van der Waals surface area contributed by atoms with E-state index in [0.717, 1.165) is 35.3 Å². The van der Waals surface area contributed by atoms with Crippen molar-refractivity contribution in [1.29, 1.82) is 0 Å². The number of imidazole rings is 1. The van der Waals surface area contributed by atoms with E-state index in [1.165, 1.54) is 18.4 Å². The molecule has 0 unspecified atom stereocenters. The number of rotatable bonds is 5. The number of aromatic nitrogens is 3. The van der Waals surface area contributed by atoms with Gasteiger partial charge in [0.25, 0.3) is 5.91 Å². The summed E-state index contributed by atoms with van der Waals surface area (Å²) in [5.41, 5.74) is 5.98. The minimum Gasteiger partial charge on any atom is -0.349 e. The van der Waals surface area contributed by atoms with Crippen LogP contribution in [0.5, 0.6) is 0 Å². The maximum atomic E-state index is 12.4. The van der Waals surface area contributed by atoms with Crippen LogP contribution in [-0.2, 0) is 0 Å². The average molecular weight is 358 g/mol. The fourth-order valence-corrected chi connectivity index (χ4v) is 3.36. The Bertz CT molecular complexity index is 1010. The SMILES string of the molecule is Cc1ccc(C(=O)NC2CC2)cc1-c1cn(-c2cncc(C3CC3)c2)cn1. The van der Waals surface area contributed by atoms with Gasteiger partial charge in [-0.25, -0.2) is 4.98 Å². The normalized spacial score (nSPS) is 16.3. The molecule has 1 amide bonds. The third-order valence-corrected chi connectivity index (χ3v) is 5.36. The van der Waals surface area contributed by atoms with Crippen molar-refractivity contribution in [3.63, 3.8) is 0 Å². The number of benzene rings is 1. The van der Waals surface area contributed by atoms with Crippen LogP contribution in [0.2, 0.25) is 0 Å². The maximum absolute atomic E-state index is 12.4. The molecule has 0 spiro atoms. The summed E-state index contributed by atoms with van der Waals surface area (Å²) < 4.78 is 2.00. The highest BCUT2D eigenvalue weighted by Gasteiger charge is 2.25. The lowest BCUT2D eigenvalue weighted by molar-refractivity contribution is 0.0951. The molecule has 0 atom stereocenters. The standard InChI is InChI=1S/C22H22N4O/c1-14-2-3-16(22(27)25-18-6-7-18)9-20(14)21-12-26(13-24-21)19-8-17(10-23-11-19)15-4-5-15/h2-3,8-13,15,18H,4-7H2,1H3,(H,25,27). The van der Waals surface area contributed by atoms with Gasteiger partial charge in [-0.2, -0.15) is 0 Å². The summed E-state index contributed by atoms with van der Waals surface area (Å²) in [7, 11) is 0. The van der Waals surface area contributed by atoms with Gasteiger partial charge in [0.1, 0.15) is 0 Å². The number of pyridine rings is 1. The second-order valence-electron chi connectivity index (χ2n) is 7.69. The zero-order valence-electron chi connectivity index (χ0n) is 15.4. The van der Waals surface area contributed by atoms with Crippen LogP contribution >= 0.6 is 0 Å². The lowest BCUT2D eigenvalue weighted by atomic mass is 10.0. The van der Waals surface area contributed by atoms with Crippen molar-refractivity contribution in [3.8, 4) is 16.9 Å².